The van der Waals surface area contributed by atoms with Crippen LogP contribution in [0.5, 0.6) is 0 Å². The molecule has 15 heavy (non-hydrogen) atoms. The average Bonchev–Trinajstić information content (AvgIpc) is 2.17. The molecule has 0 fully saturated rings. The van der Waals surface area contributed by atoms with E-state index in [1.807, 2.05) is 0 Å². The van der Waals surface area contributed by atoms with Crippen LogP contribution in [0, 0.1) is 0 Å². The third kappa shape index (κ3) is 3.69. The van der Waals surface area contributed by atoms with Crippen LogP contribution in [-0.2, 0) is 3.74 Å². The van der Waals surface area contributed by atoms with Crippen molar-refractivity contribution in [3.05, 3.63) is 29.3 Å². The Morgan fingerprint density at radius 3 is 2.73 bits per heavy atom. The molecule has 0 amide bonds. The van der Waals surface area contributed by atoms with E-state index in [0.717, 1.165) is 0 Å². The van der Waals surface area contributed by atoms with Gasteiger partial charge in [-0.05, 0) is 0 Å². The van der Waals surface area contributed by atoms with Gasteiger partial charge in [0.1, 0.15) is 0 Å². The van der Waals surface area contributed by atoms with Gasteiger partial charge in [-0.3, -0.25) is 0 Å². The van der Waals surface area contributed by atoms with E-state index in [9.17, 15) is 12.9 Å². The van der Waals surface area contributed by atoms with Crippen LogP contribution in [0.25, 0.3) is 0 Å². The molecule has 3 nitrogen and oxygen atoms in total. The van der Waals surface area contributed by atoms with Gasteiger partial charge in [-0.15, -0.1) is 0 Å². The standard InChI is InChI=1S/C10H14AsClO3/c1-2-10(13)7-11(14,15)8-4-3-5-9(12)6-8/h3-6,10,13H,2,7H2,1H3,(H,14,15). The van der Waals surface area contributed by atoms with Crippen molar-refractivity contribution in [2.45, 2.75) is 24.7 Å². The van der Waals surface area contributed by atoms with Crippen molar-refractivity contribution in [1.82, 2.24) is 0 Å². The van der Waals surface area contributed by atoms with E-state index >= 15 is 0 Å². The molecule has 2 N–H and O–H groups in total. The van der Waals surface area contributed by atoms with E-state index in [1.165, 1.54) is 6.07 Å². The van der Waals surface area contributed by atoms with Crippen LogP contribution in [0.15, 0.2) is 24.3 Å². The molecule has 0 bridgehead atoms. The van der Waals surface area contributed by atoms with Crippen LogP contribution in [0.1, 0.15) is 13.3 Å². The number of hydrogen-bond acceptors (Lipinski definition) is 2. The Bertz CT molecular complexity index is 381. The van der Waals surface area contributed by atoms with Gasteiger partial charge in [0.15, 0.2) is 0 Å². The first-order chi connectivity index (χ1) is 6.95. The molecule has 0 aliphatic heterocycles. The average molecular weight is 293 g/mol. The molecule has 0 heterocycles. The number of hydrogen-bond donors (Lipinski definition) is 2. The Hall–Kier alpha value is -0.212. The number of aliphatic hydroxyl groups is 1. The molecule has 2 unspecified atom stereocenters. The molecule has 0 spiro atoms. The second kappa shape index (κ2) is 5.22. The molecule has 5 heteroatoms. The Balaban J connectivity index is 2.90. The minimum atomic E-state index is -4.14. The zero-order valence-corrected chi connectivity index (χ0v) is 11.1. The number of aliphatic hydroxyl groups excluding tert-OH is 1. The Labute approximate surface area is 96.7 Å². The molecular formula is C10H14AsClO3. The quantitative estimate of drug-likeness (QED) is 0.820. The van der Waals surface area contributed by atoms with E-state index in [4.69, 9.17) is 11.6 Å². The monoisotopic (exact) mass is 292 g/mol. The molecule has 0 saturated carbocycles. The van der Waals surface area contributed by atoms with Crippen LogP contribution >= 0.6 is 11.6 Å². The maximum atomic E-state index is 11.9. The van der Waals surface area contributed by atoms with Crippen LogP contribution < -0.4 is 4.35 Å². The van der Waals surface area contributed by atoms with Gasteiger partial charge in [0.05, 0.1) is 0 Å². The first-order valence-corrected chi connectivity index (χ1v) is 8.96. The van der Waals surface area contributed by atoms with Crippen molar-refractivity contribution in [3.8, 4) is 0 Å². The Morgan fingerprint density at radius 2 is 2.20 bits per heavy atom. The second-order valence-electron chi connectivity index (χ2n) is 3.43. The zero-order valence-electron chi connectivity index (χ0n) is 8.43. The van der Waals surface area contributed by atoms with Gasteiger partial charge < -0.3 is 0 Å². The van der Waals surface area contributed by atoms with Crippen molar-refractivity contribution in [2.75, 3.05) is 0 Å². The van der Waals surface area contributed by atoms with E-state index in [-0.39, 0.29) is 5.21 Å². The van der Waals surface area contributed by atoms with Gasteiger partial charge >= 0.3 is 96.7 Å². The molecule has 2 atom stereocenters. The summed E-state index contributed by atoms with van der Waals surface area (Å²) < 4.78 is 22.1. The van der Waals surface area contributed by atoms with Crippen LogP contribution in [0.2, 0.25) is 10.2 Å². The fourth-order valence-electron chi connectivity index (χ4n) is 1.21. The molecule has 0 radical (unpaired) electrons. The summed E-state index contributed by atoms with van der Waals surface area (Å²) >= 11 is 1.60. The maximum absolute atomic E-state index is 11.9. The summed E-state index contributed by atoms with van der Waals surface area (Å²) in [4.78, 5) is 0. The van der Waals surface area contributed by atoms with Gasteiger partial charge in [-0.2, -0.15) is 0 Å². The second-order valence-corrected chi connectivity index (χ2v) is 8.66. The summed E-state index contributed by atoms with van der Waals surface area (Å²) in [6.07, 6.45) is -0.245. The van der Waals surface area contributed by atoms with Gasteiger partial charge in [0.25, 0.3) is 0 Å². The van der Waals surface area contributed by atoms with Gasteiger partial charge in [0, 0.05) is 0 Å². The third-order valence-corrected chi connectivity index (χ3v) is 6.58. The molecule has 1 aromatic rings. The number of rotatable bonds is 4. The van der Waals surface area contributed by atoms with Crippen molar-refractivity contribution >= 4 is 29.8 Å². The summed E-state index contributed by atoms with van der Waals surface area (Å²) in [5, 5.41) is 9.75. The summed E-state index contributed by atoms with van der Waals surface area (Å²) in [7, 11) is 0. The van der Waals surface area contributed by atoms with Crippen molar-refractivity contribution in [1.29, 1.82) is 0 Å². The molecule has 84 valence electrons. The first kappa shape index (κ1) is 12.9. The van der Waals surface area contributed by atoms with E-state index in [2.05, 4.69) is 0 Å². The van der Waals surface area contributed by atoms with Crippen molar-refractivity contribution in [2.24, 2.45) is 0 Å². The number of halogens is 1. The summed E-state index contributed by atoms with van der Waals surface area (Å²) in [6.45, 7) is 1.78. The fraction of sp³-hybridized carbons (Fsp3) is 0.400. The summed E-state index contributed by atoms with van der Waals surface area (Å²) in [5.74, 6) is 0. The van der Waals surface area contributed by atoms with Crippen LogP contribution in [0.3, 0.4) is 0 Å². The van der Waals surface area contributed by atoms with Crippen molar-refractivity contribution in [3.63, 3.8) is 0 Å². The van der Waals surface area contributed by atoms with Crippen LogP contribution in [0.4, 0.5) is 0 Å². The first-order valence-electron chi connectivity index (χ1n) is 4.71. The normalized spacial score (nSPS) is 17.1. The van der Waals surface area contributed by atoms with Gasteiger partial charge in [-0.25, -0.2) is 0 Å². The van der Waals surface area contributed by atoms with Crippen molar-refractivity contribution < 1.29 is 12.9 Å². The van der Waals surface area contributed by atoms with Gasteiger partial charge in [-0.1, -0.05) is 0 Å². The van der Waals surface area contributed by atoms with E-state index in [1.54, 1.807) is 25.1 Å². The minimum absolute atomic E-state index is 0.0604. The molecule has 1 aromatic carbocycles. The molecule has 0 aliphatic rings. The third-order valence-electron chi connectivity index (χ3n) is 2.14. The number of benzene rings is 1. The molecule has 0 saturated heterocycles. The topological polar surface area (TPSA) is 57.5 Å². The summed E-state index contributed by atoms with van der Waals surface area (Å²) in [6, 6.07) is 6.36. The molecule has 1 rings (SSSR count). The Morgan fingerprint density at radius 1 is 1.53 bits per heavy atom. The predicted molar refractivity (Wildman–Crippen MR) is 60.9 cm³/mol. The summed E-state index contributed by atoms with van der Waals surface area (Å²) in [5.41, 5.74) is 0. The van der Waals surface area contributed by atoms with E-state index in [0.29, 0.717) is 15.8 Å². The molecule has 0 aromatic heterocycles. The zero-order chi connectivity index (χ0) is 11.5. The Kier molecular flexibility index (Phi) is 4.47. The SMILES string of the molecule is CCC(O)C[As](=O)(O)c1cccc(Cl)c1. The molecule has 0 aliphatic carbocycles. The van der Waals surface area contributed by atoms with Gasteiger partial charge in [0.2, 0.25) is 0 Å². The van der Waals surface area contributed by atoms with Crippen LogP contribution in [-0.4, -0.2) is 29.1 Å². The predicted octanol–water partition coefficient (Wildman–Crippen LogP) is 1.18. The fourth-order valence-corrected chi connectivity index (χ4v) is 5.14. The molecular weight excluding hydrogens is 278 g/mol. The van der Waals surface area contributed by atoms with E-state index < -0.39 is 19.9 Å².